The van der Waals surface area contributed by atoms with Gasteiger partial charge in [-0.25, -0.2) is 0 Å². The molecule has 0 amide bonds. The van der Waals surface area contributed by atoms with Crippen LogP contribution in [-0.4, -0.2) is 6.54 Å². The second-order valence-electron chi connectivity index (χ2n) is 3.70. The van der Waals surface area contributed by atoms with Gasteiger partial charge in [0, 0.05) is 21.6 Å². The summed E-state index contributed by atoms with van der Waals surface area (Å²) in [5, 5.41) is 4.07. The van der Waals surface area contributed by atoms with Gasteiger partial charge in [0.25, 0.3) is 0 Å². The smallest absolute Gasteiger partial charge is 0.0729 e. The summed E-state index contributed by atoms with van der Waals surface area (Å²) in [4.78, 5) is 1.20. The minimum Gasteiger partial charge on any atom is -0.376 e. The van der Waals surface area contributed by atoms with Crippen LogP contribution in [0.4, 0.5) is 5.69 Å². The zero-order chi connectivity index (χ0) is 13.1. The van der Waals surface area contributed by atoms with Crippen molar-refractivity contribution in [3.05, 3.63) is 48.5 Å². The SMILES string of the molecule is NCC(Nc1ccc(Br)c(Cl)c1)c1ccc(Br)s1. The van der Waals surface area contributed by atoms with Gasteiger partial charge in [-0.15, -0.1) is 11.3 Å². The number of anilines is 1. The molecule has 0 aliphatic carbocycles. The lowest BCUT2D eigenvalue weighted by molar-refractivity contribution is 0.806. The highest BCUT2D eigenvalue weighted by atomic mass is 79.9. The van der Waals surface area contributed by atoms with Crippen LogP contribution in [0, 0.1) is 0 Å². The minimum atomic E-state index is 0.0959. The van der Waals surface area contributed by atoms with Gasteiger partial charge in [0.05, 0.1) is 14.9 Å². The van der Waals surface area contributed by atoms with Gasteiger partial charge in [0.15, 0.2) is 0 Å². The van der Waals surface area contributed by atoms with Crippen LogP contribution < -0.4 is 11.1 Å². The first-order valence-corrected chi connectivity index (χ1v) is 8.05. The Morgan fingerprint density at radius 3 is 2.61 bits per heavy atom. The number of nitrogens with two attached hydrogens (primary N) is 1. The number of thiophene rings is 1. The molecular weight excluding hydrogens is 399 g/mol. The molecule has 1 unspecified atom stereocenters. The molecule has 1 heterocycles. The third-order valence-electron chi connectivity index (χ3n) is 2.43. The predicted octanol–water partition coefficient (Wildman–Crippen LogP) is 5.04. The van der Waals surface area contributed by atoms with Crippen molar-refractivity contribution in [1.29, 1.82) is 0 Å². The summed E-state index contributed by atoms with van der Waals surface area (Å²) in [5.41, 5.74) is 6.78. The van der Waals surface area contributed by atoms with Crippen LogP contribution in [-0.2, 0) is 0 Å². The van der Waals surface area contributed by atoms with Gasteiger partial charge in [-0.2, -0.15) is 0 Å². The summed E-state index contributed by atoms with van der Waals surface area (Å²) in [6.45, 7) is 0.528. The third-order valence-corrected chi connectivity index (χ3v) is 5.40. The lowest BCUT2D eigenvalue weighted by Crippen LogP contribution is -2.19. The number of halogens is 3. The van der Waals surface area contributed by atoms with Gasteiger partial charge in [-0.05, 0) is 62.2 Å². The second kappa shape index (κ2) is 6.39. The lowest BCUT2D eigenvalue weighted by Gasteiger charge is -2.17. The molecule has 2 nitrogen and oxygen atoms in total. The third kappa shape index (κ3) is 3.48. The number of rotatable bonds is 4. The molecule has 0 spiro atoms. The fourth-order valence-corrected chi connectivity index (χ4v) is 3.46. The molecule has 2 aromatic rings. The van der Waals surface area contributed by atoms with E-state index < -0.39 is 0 Å². The van der Waals surface area contributed by atoms with Crippen LogP contribution in [0.1, 0.15) is 10.9 Å². The first-order chi connectivity index (χ1) is 8.60. The zero-order valence-corrected chi connectivity index (χ0v) is 14.0. The van der Waals surface area contributed by atoms with E-state index in [9.17, 15) is 0 Å². The lowest BCUT2D eigenvalue weighted by atomic mass is 10.2. The van der Waals surface area contributed by atoms with Crippen molar-refractivity contribution < 1.29 is 0 Å². The van der Waals surface area contributed by atoms with Crippen molar-refractivity contribution >= 4 is 60.5 Å². The predicted molar refractivity (Wildman–Crippen MR) is 86.6 cm³/mol. The molecule has 0 bridgehead atoms. The molecule has 0 aliphatic heterocycles. The normalized spacial score (nSPS) is 12.4. The standard InChI is InChI=1S/C12H11Br2ClN2S/c13-8-2-1-7(5-9(8)15)17-10(6-16)11-3-4-12(14)18-11/h1-5,10,17H,6,16H2. The summed E-state index contributed by atoms with van der Waals surface area (Å²) in [6.07, 6.45) is 0. The Morgan fingerprint density at radius 2 is 2.06 bits per heavy atom. The van der Waals surface area contributed by atoms with E-state index in [1.165, 1.54) is 4.88 Å². The fraction of sp³-hybridized carbons (Fsp3) is 0.167. The molecule has 1 aromatic carbocycles. The van der Waals surface area contributed by atoms with Crippen LogP contribution >= 0.6 is 54.8 Å². The average Bonchev–Trinajstić information content (AvgIpc) is 2.77. The summed E-state index contributed by atoms with van der Waals surface area (Å²) >= 11 is 14.6. The maximum atomic E-state index is 6.07. The number of hydrogen-bond donors (Lipinski definition) is 2. The molecular formula is C12H11Br2ClN2S. The van der Waals surface area contributed by atoms with Crippen molar-refractivity contribution in [1.82, 2.24) is 0 Å². The highest BCUT2D eigenvalue weighted by Crippen LogP contribution is 2.31. The van der Waals surface area contributed by atoms with Crippen molar-refractivity contribution in [3.8, 4) is 0 Å². The molecule has 6 heteroatoms. The molecule has 1 aromatic heterocycles. The zero-order valence-electron chi connectivity index (χ0n) is 9.29. The molecule has 1 atom stereocenters. The molecule has 0 fully saturated rings. The van der Waals surface area contributed by atoms with E-state index in [1.807, 2.05) is 24.3 Å². The van der Waals surface area contributed by atoms with Crippen LogP contribution in [0.3, 0.4) is 0 Å². The maximum absolute atomic E-state index is 6.07. The van der Waals surface area contributed by atoms with E-state index in [4.69, 9.17) is 17.3 Å². The van der Waals surface area contributed by atoms with Crippen molar-refractivity contribution in [2.45, 2.75) is 6.04 Å². The van der Waals surface area contributed by atoms with Gasteiger partial charge in [-0.1, -0.05) is 11.6 Å². The quantitative estimate of drug-likeness (QED) is 0.741. The second-order valence-corrected chi connectivity index (χ2v) is 7.46. The monoisotopic (exact) mass is 408 g/mol. The Bertz CT molecular complexity index is 545. The van der Waals surface area contributed by atoms with E-state index in [1.54, 1.807) is 11.3 Å². The molecule has 96 valence electrons. The fourth-order valence-electron chi connectivity index (χ4n) is 1.55. The molecule has 0 radical (unpaired) electrons. The highest BCUT2D eigenvalue weighted by Gasteiger charge is 2.12. The Morgan fingerprint density at radius 1 is 1.28 bits per heavy atom. The first-order valence-electron chi connectivity index (χ1n) is 5.27. The van der Waals surface area contributed by atoms with Crippen molar-refractivity contribution in [3.63, 3.8) is 0 Å². The van der Waals surface area contributed by atoms with Crippen molar-refractivity contribution in [2.24, 2.45) is 5.73 Å². The molecule has 0 saturated heterocycles. The Balaban J connectivity index is 2.17. The summed E-state index contributed by atoms with van der Waals surface area (Å²) in [5.74, 6) is 0. The Labute approximate surface area is 132 Å². The van der Waals surface area contributed by atoms with Crippen LogP contribution in [0.2, 0.25) is 5.02 Å². The topological polar surface area (TPSA) is 38.0 Å². The Hall–Kier alpha value is -0.0700. The number of nitrogens with one attached hydrogen (secondary N) is 1. The molecule has 0 aliphatic rings. The number of benzene rings is 1. The van der Waals surface area contributed by atoms with Crippen molar-refractivity contribution in [2.75, 3.05) is 11.9 Å². The summed E-state index contributed by atoms with van der Waals surface area (Å²) < 4.78 is 1.99. The van der Waals surface area contributed by atoms with E-state index in [0.717, 1.165) is 13.9 Å². The van der Waals surface area contributed by atoms with Gasteiger partial charge in [-0.3, -0.25) is 0 Å². The van der Waals surface area contributed by atoms with E-state index in [0.29, 0.717) is 11.6 Å². The average molecular weight is 411 g/mol. The number of hydrogen-bond acceptors (Lipinski definition) is 3. The molecule has 0 saturated carbocycles. The van der Waals surface area contributed by atoms with Crippen LogP contribution in [0.5, 0.6) is 0 Å². The molecule has 3 N–H and O–H groups in total. The van der Waals surface area contributed by atoms with E-state index >= 15 is 0 Å². The largest absolute Gasteiger partial charge is 0.376 e. The van der Waals surface area contributed by atoms with E-state index in [-0.39, 0.29) is 6.04 Å². The van der Waals surface area contributed by atoms with Gasteiger partial charge in [0.1, 0.15) is 0 Å². The van der Waals surface area contributed by atoms with Gasteiger partial charge >= 0.3 is 0 Å². The van der Waals surface area contributed by atoms with Crippen LogP contribution in [0.25, 0.3) is 0 Å². The van der Waals surface area contributed by atoms with Gasteiger partial charge in [0.2, 0.25) is 0 Å². The summed E-state index contributed by atoms with van der Waals surface area (Å²) in [6, 6.07) is 9.97. The first kappa shape index (κ1) is 14.3. The van der Waals surface area contributed by atoms with E-state index in [2.05, 4.69) is 43.2 Å². The molecule has 18 heavy (non-hydrogen) atoms. The summed E-state index contributed by atoms with van der Waals surface area (Å²) in [7, 11) is 0. The van der Waals surface area contributed by atoms with Crippen LogP contribution in [0.15, 0.2) is 38.6 Å². The Kier molecular flexibility index (Phi) is 5.09. The molecule has 2 rings (SSSR count). The minimum absolute atomic E-state index is 0.0959. The maximum Gasteiger partial charge on any atom is 0.0729 e. The highest BCUT2D eigenvalue weighted by molar-refractivity contribution is 9.11. The van der Waals surface area contributed by atoms with Gasteiger partial charge < -0.3 is 11.1 Å².